The summed E-state index contributed by atoms with van der Waals surface area (Å²) in [6, 6.07) is 0. The van der Waals surface area contributed by atoms with E-state index in [1.165, 1.54) is 0 Å². The summed E-state index contributed by atoms with van der Waals surface area (Å²) in [5.41, 5.74) is 0. The van der Waals surface area contributed by atoms with E-state index in [-0.39, 0.29) is 7.11 Å². The van der Waals surface area contributed by atoms with Crippen molar-refractivity contribution in [1.82, 2.24) is 0 Å². The minimum Gasteiger partial charge on any atom is -0.478 e. The van der Waals surface area contributed by atoms with Crippen molar-refractivity contribution in [2.75, 3.05) is 7.11 Å². The van der Waals surface area contributed by atoms with Crippen LogP contribution in [0.1, 0.15) is 0 Å². The molecule has 0 radical (unpaired) electrons. The van der Waals surface area contributed by atoms with Crippen molar-refractivity contribution in [3.63, 3.8) is 0 Å². The number of aliphatic carboxylic acids is 1. The first-order valence-electron chi connectivity index (χ1n) is 4.19. The van der Waals surface area contributed by atoms with Gasteiger partial charge in [-0.15, -0.1) is 0 Å². The number of rotatable bonds is 4. The number of methoxy groups -OCH3 is 1. The Bertz CT molecular complexity index is 348. The van der Waals surface area contributed by atoms with Crippen LogP contribution < -0.4 is 0 Å². The highest BCUT2D eigenvalue weighted by atomic mass is 19.4. The van der Waals surface area contributed by atoms with E-state index in [1.807, 2.05) is 0 Å². The van der Waals surface area contributed by atoms with Crippen LogP contribution in [-0.2, 0) is 9.53 Å². The molecule has 0 aromatic carbocycles. The van der Waals surface area contributed by atoms with Crippen LogP contribution in [0.3, 0.4) is 0 Å². The lowest BCUT2D eigenvalue weighted by Gasteiger charge is -2.32. The number of alkyl halides is 9. The molecule has 0 spiro atoms. The molecule has 0 atom stereocenters. The lowest BCUT2D eigenvalue weighted by atomic mass is 10.1. The standard InChI is InChI=1S/C5H3F9O.C3H4O2/c1-15-5(13,14)3(8,9)2(6,7)4(10,11)12;1-2-3(4)5/h1H3;2H,1H2,(H,4,5). The molecule has 0 saturated carbocycles. The summed E-state index contributed by atoms with van der Waals surface area (Å²) < 4.78 is 109. The number of hydrogen-bond donors (Lipinski definition) is 1. The first kappa shape index (κ1) is 20.8. The maximum absolute atomic E-state index is 12.1. The van der Waals surface area contributed by atoms with Gasteiger partial charge in [0.15, 0.2) is 0 Å². The number of hydrogen-bond acceptors (Lipinski definition) is 2. The zero-order chi connectivity index (χ0) is 17.0. The van der Waals surface area contributed by atoms with Gasteiger partial charge in [-0.25, -0.2) is 4.79 Å². The molecule has 120 valence electrons. The molecule has 1 N–H and O–H groups in total. The minimum absolute atomic E-state index is 0.125. The molecule has 0 heterocycles. The van der Waals surface area contributed by atoms with Gasteiger partial charge in [-0.1, -0.05) is 6.58 Å². The fraction of sp³-hybridized carbons (Fsp3) is 0.625. The molecule has 0 amide bonds. The van der Waals surface area contributed by atoms with Crippen LogP contribution in [0.15, 0.2) is 12.7 Å². The Morgan fingerprint density at radius 1 is 1.00 bits per heavy atom. The van der Waals surface area contributed by atoms with Gasteiger partial charge in [0.05, 0.1) is 0 Å². The molecule has 0 unspecified atom stereocenters. The molecule has 0 saturated heterocycles. The molecular weight excluding hydrogens is 315 g/mol. The van der Waals surface area contributed by atoms with Gasteiger partial charge in [-0.3, -0.25) is 0 Å². The first-order chi connectivity index (χ1) is 8.58. The van der Waals surface area contributed by atoms with E-state index in [9.17, 15) is 44.3 Å². The summed E-state index contributed by atoms with van der Waals surface area (Å²) in [5.74, 6) is -14.6. The molecule has 20 heavy (non-hydrogen) atoms. The average molecular weight is 322 g/mol. The van der Waals surface area contributed by atoms with Crippen molar-refractivity contribution < 1.29 is 54.2 Å². The Kier molecular flexibility index (Phi) is 6.60. The lowest BCUT2D eigenvalue weighted by molar-refractivity contribution is -0.440. The molecule has 0 rings (SSSR count). The zero-order valence-corrected chi connectivity index (χ0v) is 9.45. The second kappa shape index (κ2) is 6.33. The van der Waals surface area contributed by atoms with Gasteiger partial charge in [0.2, 0.25) is 0 Å². The van der Waals surface area contributed by atoms with E-state index < -0.39 is 30.1 Å². The quantitative estimate of drug-likeness (QED) is 0.638. The maximum Gasteiger partial charge on any atom is 0.460 e. The van der Waals surface area contributed by atoms with Crippen molar-refractivity contribution in [3.05, 3.63) is 12.7 Å². The fourth-order valence-corrected chi connectivity index (χ4v) is 0.489. The summed E-state index contributed by atoms with van der Waals surface area (Å²) in [4.78, 5) is 9.25. The SMILES string of the molecule is C=CC(=O)O.COC(F)(F)C(F)(F)C(F)(F)C(F)(F)F. The van der Waals surface area contributed by atoms with Crippen LogP contribution in [0.25, 0.3) is 0 Å². The van der Waals surface area contributed by atoms with Crippen LogP contribution >= 0.6 is 0 Å². The Morgan fingerprint density at radius 3 is 1.45 bits per heavy atom. The third-order valence-electron chi connectivity index (χ3n) is 1.55. The second-order valence-electron chi connectivity index (χ2n) is 2.91. The van der Waals surface area contributed by atoms with E-state index in [4.69, 9.17) is 5.11 Å². The summed E-state index contributed by atoms with van der Waals surface area (Å²) in [7, 11) is -0.125. The third-order valence-corrected chi connectivity index (χ3v) is 1.55. The van der Waals surface area contributed by atoms with Gasteiger partial charge >= 0.3 is 30.1 Å². The lowest BCUT2D eigenvalue weighted by Crippen LogP contribution is -2.61. The van der Waals surface area contributed by atoms with Crippen LogP contribution in [0.5, 0.6) is 0 Å². The molecule has 3 nitrogen and oxygen atoms in total. The predicted molar refractivity (Wildman–Crippen MR) is 45.7 cm³/mol. The number of halogens is 9. The Balaban J connectivity index is 0. The Morgan fingerprint density at radius 2 is 1.30 bits per heavy atom. The van der Waals surface area contributed by atoms with Crippen molar-refractivity contribution >= 4 is 5.97 Å². The van der Waals surface area contributed by atoms with Gasteiger partial charge in [0, 0.05) is 13.2 Å². The number of carbonyl (C=O) groups is 1. The van der Waals surface area contributed by atoms with Crippen molar-refractivity contribution in [2.24, 2.45) is 0 Å². The fourth-order valence-electron chi connectivity index (χ4n) is 0.489. The van der Waals surface area contributed by atoms with Crippen LogP contribution in [0.2, 0.25) is 0 Å². The van der Waals surface area contributed by atoms with Crippen molar-refractivity contribution in [3.8, 4) is 0 Å². The number of carboxylic acids is 1. The molecule has 0 aliphatic rings. The smallest absolute Gasteiger partial charge is 0.460 e. The normalized spacial score (nSPS) is 13.3. The molecule has 0 aromatic heterocycles. The summed E-state index contributed by atoms with van der Waals surface area (Å²) >= 11 is 0. The molecule has 12 heteroatoms. The second-order valence-corrected chi connectivity index (χ2v) is 2.91. The van der Waals surface area contributed by atoms with Crippen LogP contribution in [0, 0.1) is 0 Å². The summed E-state index contributed by atoms with van der Waals surface area (Å²) in [6.07, 6.45) is -11.9. The molecule has 0 aromatic rings. The topological polar surface area (TPSA) is 46.5 Å². The van der Waals surface area contributed by atoms with Gasteiger partial charge in [-0.05, 0) is 0 Å². The zero-order valence-electron chi connectivity index (χ0n) is 9.45. The monoisotopic (exact) mass is 322 g/mol. The first-order valence-corrected chi connectivity index (χ1v) is 4.19. The number of carboxylic acid groups (broad SMARTS) is 1. The Labute approximate surface area is 105 Å². The highest BCUT2D eigenvalue weighted by Crippen LogP contribution is 2.53. The minimum atomic E-state index is -6.89. The van der Waals surface area contributed by atoms with Crippen molar-refractivity contribution in [1.29, 1.82) is 0 Å². The van der Waals surface area contributed by atoms with Crippen LogP contribution in [0.4, 0.5) is 39.5 Å². The molecule has 0 aliphatic carbocycles. The molecule has 0 aliphatic heterocycles. The largest absolute Gasteiger partial charge is 0.478 e. The van der Waals surface area contributed by atoms with E-state index >= 15 is 0 Å². The predicted octanol–water partition coefficient (Wildman–Crippen LogP) is 3.32. The molecular formula is C8H7F9O3. The van der Waals surface area contributed by atoms with Gasteiger partial charge < -0.3 is 9.84 Å². The highest BCUT2D eigenvalue weighted by molar-refractivity contribution is 5.78. The average Bonchev–Trinajstić information content (AvgIpc) is 2.27. The van der Waals surface area contributed by atoms with E-state index in [2.05, 4.69) is 11.3 Å². The number of ether oxygens (including phenoxy) is 1. The van der Waals surface area contributed by atoms with Gasteiger partial charge in [-0.2, -0.15) is 39.5 Å². The Hall–Kier alpha value is -1.46. The van der Waals surface area contributed by atoms with Crippen LogP contribution in [-0.4, -0.2) is 42.3 Å². The van der Waals surface area contributed by atoms with Gasteiger partial charge in [0.25, 0.3) is 0 Å². The van der Waals surface area contributed by atoms with E-state index in [0.29, 0.717) is 0 Å². The van der Waals surface area contributed by atoms with E-state index in [0.717, 1.165) is 6.08 Å². The van der Waals surface area contributed by atoms with Gasteiger partial charge in [0.1, 0.15) is 0 Å². The maximum atomic E-state index is 12.1. The summed E-state index contributed by atoms with van der Waals surface area (Å²) in [6.45, 7) is 2.96. The summed E-state index contributed by atoms with van der Waals surface area (Å²) in [5, 5.41) is 7.60. The van der Waals surface area contributed by atoms with E-state index in [1.54, 1.807) is 0 Å². The van der Waals surface area contributed by atoms with Crippen molar-refractivity contribution in [2.45, 2.75) is 24.1 Å². The third kappa shape index (κ3) is 4.28. The highest BCUT2D eigenvalue weighted by Gasteiger charge is 2.82. The molecule has 0 fully saturated rings. The molecule has 0 bridgehead atoms.